The molecule has 0 aliphatic rings. The lowest BCUT2D eigenvalue weighted by Crippen LogP contribution is -2.01. The van der Waals surface area contributed by atoms with E-state index in [1.54, 1.807) is 12.1 Å². The number of hydrogen-bond acceptors (Lipinski definition) is 3. The zero-order valence-electron chi connectivity index (χ0n) is 18.8. The maximum atomic E-state index is 11.6. The van der Waals surface area contributed by atoms with E-state index in [1.807, 2.05) is 78.9 Å². The van der Waals surface area contributed by atoms with Crippen LogP contribution in [0.2, 0.25) is 0 Å². The van der Waals surface area contributed by atoms with Crippen molar-refractivity contribution in [2.75, 3.05) is 6.54 Å². The summed E-state index contributed by atoms with van der Waals surface area (Å²) in [7, 11) is 0. The summed E-state index contributed by atoms with van der Waals surface area (Å²) in [6.45, 7) is 0.740. The van der Waals surface area contributed by atoms with Gasteiger partial charge in [-0.3, -0.25) is 0 Å². The van der Waals surface area contributed by atoms with E-state index in [9.17, 15) is 9.90 Å². The molecular formula is C30H26N2O2. The van der Waals surface area contributed by atoms with Crippen LogP contribution in [0, 0.1) is 0 Å². The van der Waals surface area contributed by atoms with Crippen molar-refractivity contribution in [3.05, 3.63) is 126 Å². The Kier molecular flexibility index (Phi) is 7.43. The van der Waals surface area contributed by atoms with Crippen LogP contribution in [0.15, 0.2) is 115 Å². The number of aromatic carboxylic acids is 1. The number of nitrogens with two attached hydrogens (primary N) is 1. The van der Waals surface area contributed by atoms with Gasteiger partial charge in [-0.1, -0.05) is 103 Å². The van der Waals surface area contributed by atoms with Gasteiger partial charge in [-0.15, -0.1) is 0 Å². The van der Waals surface area contributed by atoms with Crippen molar-refractivity contribution in [3.8, 4) is 22.4 Å². The molecule has 34 heavy (non-hydrogen) atoms. The van der Waals surface area contributed by atoms with E-state index in [4.69, 9.17) is 5.73 Å². The van der Waals surface area contributed by atoms with Crippen LogP contribution in [0.25, 0.3) is 33.3 Å². The minimum Gasteiger partial charge on any atom is -0.478 e. The predicted octanol–water partition coefficient (Wildman–Crippen LogP) is 6.45. The molecule has 0 aliphatic heterocycles. The normalized spacial score (nSPS) is 10.4. The van der Waals surface area contributed by atoms with Gasteiger partial charge in [-0.25, -0.2) is 9.78 Å². The van der Waals surface area contributed by atoms with E-state index in [2.05, 4.69) is 29.2 Å². The Labute approximate surface area is 199 Å². The van der Waals surface area contributed by atoms with E-state index in [0.717, 1.165) is 29.7 Å². The molecule has 5 aromatic rings. The van der Waals surface area contributed by atoms with Crippen molar-refractivity contribution in [1.29, 1.82) is 0 Å². The van der Waals surface area contributed by atoms with Gasteiger partial charge in [-0.05, 0) is 41.8 Å². The molecule has 4 heteroatoms. The van der Waals surface area contributed by atoms with Crippen molar-refractivity contribution < 1.29 is 9.90 Å². The third-order valence-corrected chi connectivity index (χ3v) is 5.51. The van der Waals surface area contributed by atoms with Gasteiger partial charge in [0.15, 0.2) is 0 Å². The van der Waals surface area contributed by atoms with Crippen molar-refractivity contribution in [3.63, 3.8) is 0 Å². The molecule has 0 fully saturated rings. The predicted molar refractivity (Wildman–Crippen MR) is 139 cm³/mol. The summed E-state index contributed by atoms with van der Waals surface area (Å²) in [5.74, 6) is -0.944. The number of para-hydroxylation sites is 1. The Bertz CT molecular complexity index is 1370. The molecular weight excluding hydrogens is 420 g/mol. The van der Waals surface area contributed by atoms with Gasteiger partial charge in [0.05, 0.1) is 16.8 Å². The Morgan fingerprint density at radius 2 is 1.26 bits per heavy atom. The molecule has 1 aromatic heterocycles. The number of carboxylic acids is 1. The molecule has 1 heterocycles. The first kappa shape index (κ1) is 22.9. The summed E-state index contributed by atoms with van der Waals surface area (Å²) in [4.78, 5) is 16.2. The fourth-order valence-electron chi connectivity index (χ4n) is 3.78. The number of nitrogens with zero attached hydrogens (tertiary/aromatic N) is 1. The third-order valence-electron chi connectivity index (χ3n) is 5.51. The van der Waals surface area contributed by atoms with Crippen LogP contribution in [0.3, 0.4) is 0 Å². The second-order valence-electron chi connectivity index (χ2n) is 7.85. The molecule has 4 aromatic carbocycles. The molecule has 0 aliphatic carbocycles. The highest BCUT2D eigenvalue weighted by Gasteiger charge is 2.12. The largest absolute Gasteiger partial charge is 0.478 e. The average Bonchev–Trinajstić information content (AvgIpc) is 2.90. The number of aromatic nitrogens is 1. The average molecular weight is 447 g/mol. The first-order valence-electron chi connectivity index (χ1n) is 11.2. The van der Waals surface area contributed by atoms with Crippen molar-refractivity contribution in [2.24, 2.45) is 5.73 Å². The molecule has 0 radical (unpaired) electrons. The summed E-state index contributed by atoms with van der Waals surface area (Å²) in [5, 5.41) is 10.2. The SMILES string of the molecule is NCCc1ccccc1.O=C(O)c1cc(-c2ccc(-c3ccccc3)cc2)nc2ccccc12. The standard InChI is InChI=1S/C22H15NO2.C8H11N/c24-22(25)19-14-21(23-20-9-5-4-8-18(19)20)17-12-10-16(11-13-17)15-6-2-1-3-7-15;9-7-6-8-4-2-1-3-5-8/h1-14H,(H,24,25);1-5H,6-7,9H2. The van der Waals surface area contributed by atoms with Crippen LogP contribution >= 0.6 is 0 Å². The van der Waals surface area contributed by atoms with Gasteiger partial charge in [0, 0.05) is 10.9 Å². The Hall–Kier alpha value is -4.28. The highest BCUT2D eigenvalue weighted by atomic mass is 16.4. The molecule has 4 nitrogen and oxygen atoms in total. The van der Waals surface area contributed by atoms with Gasteiger partial charge >= 0.3 is 5.97 Å². The fourth-order valence-corrected chi connectivity index (χ4v) is 3.78. The highest BCUT2D eigenvalue weighted by molar-refractivity contribution is 6.03. The van der Waals surface area contributed by atoms with Gasteiger partial charge in [0.2, 0.25) is 0 Å². The van der Waals surface area contributed by atoms with Gasteiger partial charge < -0.3 is 10.8 Å². The molecule has 0 unspecified atom stereocenters. The molecule has 3 N–H and O–H groups in total. The van der Waals surface area contributed by atoms with Crippen LogP contribution < -0.4 is 5.73 Å². The number of rotatable bonds is 5. The minimum absolute atomic E-state index is 0.271. The molecule has 0 spiro atoms. The molecule has 0 amide bonds. The summed E-state index contributed by atoms with van der Waals surface area (Å²) in [5.41, 5.74) is 11.5. The monoisotopic (exact) mass is 446 g/mol. The summed E-state index contributed by atoms with van der Waals surface area (Å²) < 4.78 is 0. The van der Waals surface area contributed by atoms with Crippen LogP contribution in [0.4, 0.5) is 0 Å². The smallest absolute Gasteiger partial charge is 0.336 e. The van der Waals surface area contributed by atoms with Crippen molar-refractivity contribution in [1.82, 2.24) is 4.98 Å². The molecule has 168 valence electrons. The third kappa shape index (κ3) is 5.55. The zero-order valence-corrected chi connectivity index (χ0v) is 18.8. The van der Waals surface area contributed by atoms with Crippen molar-refractivity contribution >= 4 is 16.9 Å². The quantitative estimate of drug-likeness (QED) is 0.325. The maximum absolute atomic E-state index is 11.6. The molecule has 0 saturated carbocycles. The molecule has 0 saturated heterocycles. The van der Waals surface area contributed by atoms with Crippen LogP contribution in [0.1, 0.15) is 15.9 Å². The number of benzene rings is 4. The Morgan fingerprint density at radius 3 is 1.91 bits per heavy atom. The number of pyridine rings is 1. The van der Waals surface area contributed by atoms with E-state index in [0.29, 0.717) is 16.6 Å². The topological polar surface area (TPSA) is 76.2 Å². The summed E-state index contributed by atoms with van der Waals surface area (Å²) >= 11 is 0. The summed E-state index contributed by atoms with van der Waals surface area (Å²) in [6.07, 6.45) is 0.987. The van der Waals surface area contributed by atoms with Crippen LogP contribution in [-0.2, 0) is 6.42 Å². The number of fused-ring (bicyclic) bond motifs is 1. The maximum Gasteiger partial charge on any atom is 0.336 e. The number of hydrogen-bond donors (Lipinski definition) is 2. The first-order valence-corrected chi connectivity index (χ1v) is 11.2. The van der Waals surface area contributed by atoms with Gasteiger partial charge in [0.25, 0.3) is 0 Å². The van der Waals surface area contributed by atoms with E-state index in [-0.39, 0.29) is 5.56 Å². The van der Waals surface area contributed by atoms with Gasteiger partial charge in [-0.2, -0.15) is 0 Å². The van der Waals surface area contributed by atoms with E-state index in [1.165, 1.54) is 5.56 Å². The van der Waals surface area contributed by atoms with Crippen LogP contribution in [0.5, 0.6) is 0 Å². The molecule has 5 rings (SSSR count). The molecule has 0 bridgehead atoms. The lowest BCUT2D eigenvalue weighted by Gasteiger charge is -2.08. The van der Waals surface area contributed by atoms with E-state index >= 15 is 0 Å². The van der Waals surface area contributed by atoms with E-state index < -0.39 is 5.97 Å². The number of carboxylic acid groups (broad SMARTS) is 1. The van der Waals surface area contributed by atoms with Gasteiger partial charge in [0.1, 0.15) is 0 Å². The highest BCUT2D eigenvalue weighted by Crippen LogP contribution is 2.27. The number of carbonyl (C=O) groups is 1. The Balaban J connectivity index is 0.000000257. The first-order chi connectivity index (χ1) is 16.7. The van der Waals surface area contributed by atoms with Crippen molar-refractivity contribution in [2.45, 2.75) is 6.42 Å². The fraction of sp³-hybridized carbons (Fsp3) is 0.0667. The second kappa shape index (κ2) is 11.0. The summed E-state index contributed by atoms with van der Waals surface area (Å²) in [6, 6.07) is 37.4. The van der Waals surface area contributed by atoms with Crippen LogP contribution in [-0.4, -0.2) is 22.6 Å². The molecule has 0 atom stereocenters. The lowest BCUT2D eigenvalue weighted by atomic mass is 10.0. The second-order valence-corrected chi connectivity index (χ2v) is 7.85. The Morgan fingerprint density at radius 1 is 0.706 bits per heavy atom. The minimum atomic E-state index is -0.944. The lowest BCUT2D eigenvalue weighted by molar-refractivity contribution is 0.0699. The zero-order chi connectivity index (χ0) is 23.8.